The number of quaternary nitrogens is 1. The second-order valence-electron chi connectivity index (χ2n) is 28.0. The highest BCUT2D eigenvalue weighted by molar-refractivity contribution is 5.70. The number of carbonyl (C=O) groups excluding carboxylic acids is 3. The van der Waals surface area contributed by atoms with Crippen LogP contribution in [0.2, 0.25) is 0 Å². The van der Waals surface area contributed by atoms with Gasteiger partial charge in [0.1, 0.15) is 13.2 Å². The minimum Gasteiger partial charge on any atom is -0.545 e. The van der Waals surface area contributed by atoms with Crippen LogP contribution in [0.1, 0.15) is 348 Å². The molecule has 97 heavy (non-hydrogen) atoms. The van der Waals surface area contributed by atoms with Crippen LogP contribution < -0.4 is 5.11 Å². The quantitative estimate of drug-likeness (QED) is 0.0195. The van der Waals surface area contributed by atoms with E-state index in [1.165, 1.54) is 205 Å². The molecule has 0 aliphatic carbocycles. The molecular formula is C88H151NO8. The van der Waals surface area contributed by atoms with Crippen LogP contribution in [0.5, 0.6) is 0 Å². The summed E-state index contributed by atoms with van der Waals surface area (Å²) in [6, 6.07) is 0. The van der Waals surface area contributed by atoms with Gasteiger partial charge in [-0.15, -0.1) is 0 Å². The number of carbonyl (C=O) groups is 3. The molecular weight excluding hydrogens is 1200 g/mol. The normalized spacial score (nSPS) is 13.4. The second-order valence-corrected chi connectivity index (χ2v) is 28.0. The van der Waals surface area contributed by atoms with Gasteiger partial charge in [0.25, 0.3) is 0 Å². The third kappa shape index (κ3) is 78.6. The van der Waals surface area contributed by atoms with Crippen LogP contribution in [0.15, 0.2) is 134 Å². The van der Waals surface area contributed by atoms with E-state index in [0.717, 1.165) is 109 Å². The van der Waals surface area contributed by atoms with Gasteiger partial charge in [0.05, 0.1) is 40.3 Å². The summed E-state index contributed by atoms with van der Waals surface area (Å²) in [5, 5.41) is 11.9. The van der Waals surface area contributed by atoms with Crippen LogP contribution >= 0.6 is 0 Å². The van der Waals surface area contributed by atoms with Crippen LogP contribution in [0, 0.1) is 0 Å². The maximum Gasteiger partial charge on any atom is 0.306 e. The molecule has 0 rings (SSSR count). The SMILES string of the molecule is CC/C=C\C/C=C\C/C=C\C/C=C\C/C=C\C/C=C\C/C=C\C/C=C\CCCCCCCCCCC(=O)OC(COC(=O)CCCCCCCCCCCCCCCCCCCCCCCCCC/C=C\C/C=C\C/C=C\CCCCCCC)COC(OCC[N+](C)(C)C)C(=O)[O-]. The van der Waals surface area contributed by atoms with Gasteiger partial charge >= 0.3 is 11.9 Å². The number of aliphatic carboxylic acids is 1. The molecule has 0 aromatic carbocycles. The Morgan fingerprint density at radius 2 is 0.588 bits per heavy atom. The summed E-state index contributed by atoms with van der Waals surface area (Å²) in [5.41, 5.74) is 0. The predicted molar refractivity (Wildman–Crippen MR) is 416 cm³/mol. The van der Waals surface area contributed by atoms with Crippen molar-refractivity contribution in [3.05, 3.63) is 134 Å². The molecule has 0 fully saturated rings. The van der Waals surface area contributed by atoms with Gasteiger partial charge in [0, 0.05) is 12.8 Å². The van der Waals surface area contributed by atoms with Gasteiger partial charge in [0.15, 0.2) is 12.4 Å². The maximum absolute atomic E-state index is 13.0. The molecule has 0 spiro atoms. The van der Waals surface area contributed by atoms with Crippen molar-refractivity contribution in [3.63, 3.8) is 0 Å². The molecule has 0 heterocycles. The largest absolute Gasteiger partial charge is 0.545 e. The number of ether oxygens (including phenoxy) is 4. The lowest BCUT2D eigenvalue weighted by molar-refractivity contribution is -0.870. The summed E-state index contributed by atoms with van der Waals surface area (Å²) in [6.45, 7) is 4.64. The Balaban J connectivity index is 4.05. The molecule has 9 nitrogen and oxygen atoms in total. The molecule has 0 saturated carbocycles. The zero-order valence-corrected chi connectivity index (χ0v) is 63.7. The summed E-state index contributed by atoms with van der Waals surface area (Å²) in [6.07, 6.45) is 109. The van der Waals surface area contributed by atoms with Crippen molar-refractivity contribution < 1.29 is 42.9 Å². The Hall–Kier alpha value is -4.57. The Labute approximate surface area is 599 Å². The van der Waals surface area contributed by atoms with Crippen molar-refractivity contribution in [2.75, 3.05) is 47.5 Å². The van der Waals surface area contributed by atoms with Crippen molar-refractivity contribution in [3.8, 4) is 0 Å². The van der Waals surface area contributed by atoms with Crippen molar-refractivity contribution >= 4 is 17.9 Å². The lowest BCUT2D eigenvalue weighted by Crippen LogP contribution is -2.44. The molecule has 0 aromatic heterocycles. The van der Waals surface area contributed by atoms with Crippen LogP contribution in [0.25, 0.3) is 0 Å². The highest BCUT2D eigenvalue weighted by atomic mass is 16.7. The number of unbranched alkanes of at least 4 members (excludes halogenated alkanes) is 37. The smallest absolute Gasteiger partial charge is 0.306 e. The zero-order valence-electron chi connectivity index (χ0n) is 63.7. The van der Waals surface area contributed by atoms with Gasteiger partial charge in [-0.2, -0.15) is 0 Å². The topological polar surface area (TPSA) is 111 Å². The monoisotopic (exact) mass is 1350 g/mol. The number of hydrogen-bond acceptors (Lipinski definition) is 8. The fourth-order valence-electron chi connectivity index (χ4n) is 11.3. The number of hydrogen-bond donors (Lipinski definition) is 0. The molecule has 2 atom stereocenters. The predicted octanol–water partition coefficient (Wildman–Crippen LogP) is 24.7. The Kier molecular flexibility index (Phi) is 73.5. The molecule has 0 N–H and O–H groups in total. The van der Waals surface area contributed by atoms with E-state index >= 15 is 0 Å². The molecule has 0 aromatic rings. The maximum atomic E-state index is 13.0. The van der Waals surface area contributed by atoms with Crippen LogP contribution in [0.4, 0.5) is 0 Å². The van der Waals surface area contributed by atoms with Gasteiger partial charge in [-0.1, -0.05) is 353 Å². The van der Waals surface area contributed by atoms with Crippen LogP contribution in [0.3, 0.4) is 0 Å². The molecule has 556 valence electrons. The van der Waals surface area contributed by atoms with E-state index in [9.17, 15) is 19.5 Å². The first-order chi connectivity index (χ1) is 47.6. The Morgan fingerprint density at radius 1 is 0.320 bits per heavy atom. The van der Waals surface area contributed by atoms with Crippen LogP contribution in [-0.2, 0) is 33.3 Å². The summed E-state index contributed by atoms with van der Waals surface area (Å²) in [7, 11) is 5.93. The number of nitrogens with zero attached hydrogens (tertiary/aromatic N) is 1. The highest BCUT2D eigenvalue weighted by Crippen LogP contribution is 2.18. The molecule has 0 radical (unpaired) electrons. The van der Waals surface area contributed by atoms with Crippen LogP contribution in [-0.4, -0.2) is 82.3 Å². The molecule has 2 unspecified atom stereocenters. The summed E-state index contributed by atoms with van der Waals surface area (Å²) in [4.78, 5) is 37.6. The van der Waals surface area contributed by atoms with Crippen molar-refractivity contribution in [2.45, 2.75) is 360 Å². The van der Waals surface area contributed by atoms with E-state index in [1.807, 2.05) is 21.1 Å². The fourth-order valence-corrected chi connectivity index (χ4v) is 11.3. The van der Waals surface area contributed by atoms with E-state index in [-0.39, 0.29) is 38.6 Å². The second kappa shape index (κ2) is 77.2. The number of carboxylic acids is 1. The first-order valence-electron chi connectivity index (χ1n) is 40.3. The average Bonchev–Trinajstić information content (AvgIpc) is 2.59. The molecule has 0 saturated heterocycles. The first-order valence-corrected chi connectivity index (χ1v) is 40.3. The molecule has 9 heteroatoms. The lowest BCUT2D eigenvalue weighted by atomic mass is 10.0. The van der Waals surface area contributed by atoms with E-state index in [2.05, 4.69) is 148 Å². The van der Waals surface area contributed by atoms with E-state index < -0.39 is 24.3 Å². The standard InChI is InChI=1S/C88H151NO8/c1-6-8-10-12-14-16-18-20-22-24-26-28-30-32-34-36-38-40-41-42-43-44-45-47-48-50-52-54-56-58-60-62-64-66-68-70-72-74-76-78-85(90)95-82-84(83-96-88(87(92)93)94-81-80-89(3,4)5)97-86(91)79-77-75-73-71-69-67-65-63-61-59-57-55-53-51-49-46-39-37-35-33-31-29-27-25-23-21-19-17-15-13-11-9-7-2/h9,11,15,17-18,20-21,23-24,26-27,29-30,32-33,35,39,46,51,53,57,59,84,88H,6-8,10,12-14,16,19,22,25,28,31,34,36-38,40-45,47-50,52,54-56,58,60-83H2,1-5H3/b11-9-,17-15-,20-18-,23-21-,26-24-,29-27-,32-30-,35-33-,46-39-,53-51-,59-57-. The van der Waals surface area contributed by atoms with Gasteiger partial charge in [-0.05, 0) is 116 Å². The fraction of sp³-hybridized carbons (Fsp3) is 0.716. The zero-order chi connectivity index (χ0) is 70.4. The van der Waals surface area contributed by atoms with Crippen molar-refractivity contribution in [2.24, 2.45) is 0 Å². The van der Waals surface area contributed by atoms with E-state index in [0.29, 0.717) is 17.4 Å². The van der Waals surface area contributed by atoms with Crippen molar-refractivity contribution in [1.29, 1.82) is 0 Å². The minimum atomic E-state index is -1.63. The van der Waals surface area contributed by atoms with E-state index in [4.69, 9.17) is 18.9 Å². The number of rotatable bonds is 74. The lowest BCUT2D eigenvalue weighted by Gasteiger charge is -2.26. The number of esters is 2. The van der Waals surface area contributed by atoms with Gasteiger partial charge in [-0.25, -0.2) is 0 Å². The third-order valence-corrected chi connectivity index (χ3v) is 17.4. The summed E-state index contributed by atoms with van der Waals surface area (Å²) < 4.78 is 22.9. The van der Waals surface area contributed by atoms with E-state index in [1.54, 1.807) is 0 Å². The Bertz CT molecular complexity index is 2060. The summed E-state index contributed by atoms with van der Waals surface area (Å²) >= 11 is 0. The number of likely N-dealkylation sites (N-methyl/N-ethyl adjacent to an activating group) is 1. The van der Waals surface area contributed by atoms with Gasteiger partial charge < -0.3 is 33.3 Å². The molecule has 0 bridgehead atoms. The first kappa shape index (κ1) is 92.4. The molecule has 0 aliphatic rings. The Morgan fingerprint density at radius 3 is 0.876 bits per heavy atom. The van der Waals surface area contributed by atoms with Crippen molar-refractivity contribution in [1.82, 2.24) is 0 Å². The van der Waals surface area contributed by atoms with Gasteiger partial charge in [-0.3, -0.25) is 9.59 Å². The summed E-state index contributed by atoms with van der Waals surface area (Å²) in [5.74, 6) is -2.29. The minimum absolute atomic E-state index is 0.141. The number of allylic oxidation sites excluding steroid dienone is 22. The number of carboxylic acid groups (broad SMARTS) is 1. The third-order valence-electron chi connectivity index (χ3n) is 17.4. The highest BCUT2D eigenvalue weighted by Gasteiger charge is 2.22. The molecule has 0 aliphatic heterocycles. The molecule has 0 amide bonds. The van der Waals surface area contributed by atoms with Gasteiger partial charge in [0.2, 0.25) is 0 Å². The average molecular weight is 1350 g/mol.